The van der Waals surface area contributed by atoms with Gasteiger partial charge < -0.3 is 14.5 Å². The summed E-state index contributed by atoms with van der Waals surface area (Å²) in [5.41, 5.74) is 4.29. The molecule has 6 nitrogen and oxygen atoms in total. The van der Waals surface area contributed by atoms with Gasteiger partial charge >= 0.3 is 0 Å². The minimum atomic E-state index is -0.244. The Morgan fingerprint density at radius 2 is 1.97 bits per heavy atom. The Balaban J connectivity index is 1.51. The Bertz CT molecular complexity index is 901. The summed E-state index contributed by atoms with van der Waals surface area (Å²) in [4.78, 5) is 16.1. The Hall–Kier alpha value is -2.41. The fourth-order valence-corrected chi connectivity index (χ4v) is 4.41. The molecule has 0 unspecified atom stereocenters. The number of ether oxygens (including phenoxy) is 1. The predicted octanol–water partition coefficient (Wildman–Crippen LogP) is 2.16. The predicted molar refractivity (Wildman–Crippen MR) is 119 cm³/mol. The molecule has 0 atom stereocenters. The number of amides is 1. The maximum Gasteiger partial charge on any atom is 0.223 e. The lowest BCUT2D eigenvalue weighted by molar-refractivity contribution is -0.917. The smallest absolute Gasteiger partial charge is 0.223 e. The highest BCUT2D eigenvalue weighted by atomic mass is 19.1. The quantitative estimate of drug-likeness (QED) is 0.697. The van der Waals surface area contributed by atoms with Gasteiger partial charge in [-0.1, -0.05) is 13.8 Å². The van der Waals surface area contributed by atoms with Gasteiger partial charge in [0.25, 0.3) is 0 Å². The molecular formula is C24H36FN4O2+. The molecule has 1 fully saturated rings. The van der Waals surface area contributed by atoms with Crippen molar-refractivity contribution >= 4 is 5.91 Å². The van der Waals surface area contributed by atoms with E-state index in [1.807, 2.05) is 11.8 Å². The highest BCUT2D eigenvalue weighted by Gasteiger charge is 2.25. The van der Waals surface area contributed by atoms with Crippen molar-refractivity contribution in [3.8, 4) is 5.75 Å². The molecule has 2 heterocycles. The first-order valence-electron chi connectivity index (χ1n) is 11.2. The maximum atomic E-state index is 13.6. The zero-order chi connectivity index (χ0) is 22.5. The van der Waals surface area contributed by atoms with Gasteiger partial charge in [-0.15, -0.1) is 0 Å². The van der Waals surface area contributed by atoms with Gasteiger partial charge in [0.15, 0.2) is 0 Å². The molecule has 1 aromatic heterocycles. The maximum absolute atomic E-state index is 13.6. The van der Waals surface area contributed by atoms with Crippen LogP contribution in [0.3, 0.4) is 0 Å². The molecule has 0 aliphatic carbocycles. The Kier molecular flexibility index (Phi) is 7.70. The number of aromatic nitrogens is 2. The molecule has 0 spiro atoms. The summed E-state index contributed by atoms with van der Waals surface area (Å²) in [6.45, 7) is 13.3. The first-order valence-corrected chi connectivity index (χ1v) is 11.2. The van der Waals surface area contributed by atoms with E-state index in [0.29, 0.717) is 18.9 Å². The number of benzene rings is 1. The minimum Gasteiger partial charge on any atom is -0.496 e. The highest BCUT2D eigenvalue weighted by Crippen LogP contribution is 2.19. The van der Waals surface area contributed by atoms with E-state index in [0.717, 1.165) is 56.2 Å². The van der Waals surface area contributed by atoms with Gasteiger partial charge in [0.2, 0.25) is 5.91 Å². The monoisotopic (exact) mass is 431 g/mol. The number of quaternary nitrogens is 1. The van der Waals surface area contributed by atoms with Crippen molar-refractivity contribution in [1.29, 1.82) is 0 Å². The number of carbonyl (C=O) groups excluding carboxylic acids is 1. The van der Waals surface area contributed by atoms with Crippen LogP contribution in [-0.4, -0.2) is 53.9 Å². The van der Waals surface area contributed by atoms with Crippen LogP contribution in [0.5, 0.6) is 5.75 Å². The first-order chi connectivity index (χ1) is 14.8. The van der Waals surface area contributed by atoms with Crippen molar-refractivity contribution in [2.24, 2.45) is 5.92 Å². The lowest BCUT2D eigenvalue weighted by atomic mass is 10.1. The van der Waals surface area contributed by atoms with Gasteiger partial charge in [0.05, 0.1) is 44.5 Å². The van der Waals surface area contributed by atoms with Crippen LogP contribution in [0.4, 0.5) is 4.39 Å². The van der Waals surface area contributed by atoms with Crippen LogP contribution in [0.25, 0.3) is 0 Å². The SMILES string of the molecule is COc1ccc(F)cc1C[NH+]1CCN(C(=O)CCc2c(C)nn(CC(C)C)c2C)CC1. The van der Waals surface area contributed by atoms with Gasteiger partial charge in [-0.2, -0.15) is 5.10 Å². The molecule has 2 aromatic rings. The fourth-order valence-electron chi connectivity index (χ4n) is 4.41. The molecule has 0 saturated carbocycles. The average molecular weight is 432 g/mol. The number of hydrogen-bond donors (Lipinski definition) is 1. The van der Waals surface area contributed by atoms with E-state index < -0.39 is 0 Å². The summed E-state index contributed by atoms with van der Waals surface area (Å²) >= 11 is 0. The van der Waals surface area contributed by atoms with Crippen molar-refractivity contribution < 1.29 is 18.8 Å². The van der Waals surface area contributed by atoms with Gasteiger partial charge in [0.1, 0.15) is 18.1 Å². The van der Waals surface area contributed by atoms with Crippen LogP contribution in [-0.2, 0) is 24.3 Å². The molecule has 1 aliphatic heterocycles. The van der Waals surface area contributed by atoms with E-state index in [1.54, 1.807) is 19.2 Å². The van der Waals surface area contributed by atoms with Crippen LogP contribution in [0.2, 0.25) is 0 Å². The van der Waals surface area contributed by atoms with Crippen molar-refractivity contribution in [1.82, 2.24) is 14.7 Å². The molecule has 1 amide bonds. The Morgan fingerprint density at radius 3 is 2.61 bits per heavy atom. The molecule has 1 aromatic carbocycles. The second kappa shape index (κ2) is 10.3. The van der Waals surface area contributed by atoms with E-state index in [2.05, 4.69) is 30.6 Å². The van der Waals surface area contributed by atoms with Gasteiger partial charge in [0, 0.05) is 18.7 Å². The minimum absolute atomic E-state index is 0.206. The number of aryl methyl sites for hydroxylation is 1. The third kappa shape index (κ3) is 5.85. The van der Waals surface area contributed by atoms with Crippen molar-refractivity contribution in [2.45, 2.75) is 53.6 Å². The third-order valence-corrected chi connectivity index (χ3v) is 6.16. The van der Waals surface area contributed by atoms with Crippen molar-refractivity contribution in [2.75, 3.05) is 33.3 Å². The summed E-state index contributed by atoms with van der Waals surface area (Å²) in [5.74, 6) is 1.22. The Morgan fingerprint density at radius 1 is 1.26 bits per heavy atom. The van der Waals surface area contributed by atoms with Crippen LogP contribution >= 0.6 is 0 Å². The number of carbonyl (C=O) groups is 1. The standard InChI is InChI=1S/C24H35FN4O2/c1-17(2)15-29-19(4)22(18(3)26-29)7-9-24(30)28-12-10-27(11-13-28)16-20-14-21(25)6-8-23(20)31-5/h6,8,14,17H,7,9-13,15-16H2,1-5H3/p+1. The number of nitrogens with one attached hydrogen (secondary N) is 1. The largest absolute Gasteiger partial charge is 0.496 e. The van der Waals surface area contributed by atoms with Gasteiger partial charge in [-0.25, -0.2) is 4.39 Å². The summed E-state index contributed by atoms with van der Waals surface area (Å²) in [5, 5.41) is 4.66. The summed E-state index contributed by atoms with van der Waals surface area (Å²) in [6, 6.07) is 4.65. The normalized spacial score (nSPS) is 15.0. The zero-order valence-corrected chi connectivity index (χ0v) is 19.5. The van der Waals surface area contributed by atoms with E-state index in [4.69, 9.17) is 4.74 Å². The average Bonchev–Trinajstić information content (AvgIpc) is 2.99. The number of hydrogen-bond acceptors (Lipinski definition) is 3. The summed E-state index contributed by atoms with van der Waals surface area (Å²) in [6.07, 6.45) is 1.25. The first kappa shape index (κ1) is 23.3. The number of methoxy groups -OCH3 is 1. The van der Waals surface area contributed by atoms with Crippen LogP contribution < -0.4 is 9.64 Å². The van der Waals surface area contributed by atoms with E-state index in [-0.39, 0.29) is 11.7 Å². The molecule has 170 valence electrons. The Labute approximate surface area is 185 Å². The summed E-state index contributed by atoms with van der Waals surface area (Å²) in [7, 11) is 1.61. The molecule has 3 rings (SSSR count). The molecule has 0 bridgehead atoms. The number of nitrogens with zero attached hydrogens (tertiary/aromatic N) is 3. The lowest BCUT2D eigenvalue weighted by Crippen LogP contribution is -3.13. The topological polar surface area (TPSA) is 51.8 Å². The highest BCUT2D eigenvalue weighted by molar-refractivity contribution is 5.76. The van der Waals surface area contributed by atoms with Crippen molar-refractivity contribution in [3.05, 3.63) is 46.5 Å². The molecule has 7 heteroatoms. The third-order valence-electron chi connectivity index (χ3n) is 6.16. The van der Waals surface area contributed by atoms with Crippen LogP contribution in [0, 0.1) is 25.6 Å². The van der Waals surface area contributed by atoms with E-state index in [9.17, 15) is 9.18 Å². The molecule has 0 radical (unpaired) electrons. The fraction of sp³-hybridized carbons (Fsp3) is 0.583. The number of halogens is 1. The number of piperazine rings is 1. The molecule has 31 heavy (non-hydrogen) atoms. The van der Waals surface area contributed by atoms with Gasteiger partial charge in [-0.05, 0) is 49.9 Å². The van der Waals surface area contributed by atoms with E-state index >= 15 is 0 Å². The van der Waals surface area contributed by atoms with Crippen LogP contribution in [0.15, 0.2) is 18.2 Å². The second-order valence-corrected chi connectivity index (χ2v) is 8.99. The second-order valence-electron chi connectivity index (χ2n) is 8.99. The summed E-state index contributed by atoms with van der Waals surface area (Å²) < 4.78 is 21.1. The molecule has 1 aliphatic rings. The number of rotatable bonds is 8. The molecular weight excluding hydrogens is 395 g/mol. The van der Waals surface area contributed by atoms with E-state index in [1.165, 1.54) is 22.2 Å². The molecule has 1 N–H and O–H groups in total. The van der Waals surface area contributed by atoms with Gasteiger partial charge in [-0.3, -0.25) is 9.48 Å². The van der Waals surface area contributed by atoms with Crippen LogP contribution in [0.1, 0.15) is 42.8 Å². The zero-order valence-electron chi connectivity index (χ0n) is 19.5. The molecule has 1 saturated heterocycles. The lowest BCUT2D eigenvalue weighted by Gasteiger charge is -2.32. The van der Waals surface area contributed by atoms with Crippen molar-refractivity contribution in [3.63, 3.8) is 0 Å².